The highest BCUT2D eigenvalue weighted by Gasteiger charge is 2.31. The number of aryl methyl sites for hydroxylation is 1. The number of hydrogen-bond acceptors (Lipinski definition) is 2. The predicted molar refractivity (Wildman–Crippen MR) is 80.1 cm³/mol. The van der Waals surface area contributed by atoms with Gasteiger partial charge < -0.3 is 9.88 Å². The molecule has 0 spiro atoms. The molecule has 1 unspecified atom stereocenters. The molecule has 1 N–H and O–H groups in total. The molecule has 2 heterocycles. The standard InChI is InChI=1S/C16H16F3N3/c1-3-22-14-9-12(16(17,18)19)4-5-13(14)21-15(22)11-6-7-20-10(2)8-11/h4-10,20H,3H2,1-2H3. The zero-order valence-corrected chi connectivity index (χ0v) is 12.3. The minimum Gasteiger partial charge on any atom is -0.385 e. The van der Waals surface area contributed by atoms with Gasteiger partial charge in [0.15, 0.2) is 0 Å². The van der Waals surface area contributed by atoms with Crippen LogP contribution < -0.4 is 5.32 Å². The van der Waals surface area contributed by atoms with E-state index in [4.69, 9.17) is 0 Å². The first kappa shape index (κ1) is 14.7. The van der Waals surface area contributed by atoms with Crippen LogP contribution in [0.5, 0.6) is 0 Å². The summed E-state index contributed by atoms with van der Waals surface area (Å²) in [6.07, 6.45) is 1.39. The van der Waals surface area contributed by atoms with Crippen LogP contribution in [0.1, 0.15) is 25.2 Å². The Hall–Kier alpha value is -2.24. The van der Waals surface area contributed by atoms with E-state index < -0.39 is 11.7 Å². The van der Waals surface area contributed by atoms with Crippen molar-refractivity contribution in [1.82, 2.24) is 14.9 Å². The van der Waals surface area contributed by atoms with Gasteiger partial charge in [-0.3, -0.25) is 0 Å². The number of dihydropyridines is 1. The lowest BCUT2D eigenvalue weighted by atomic mass is 10.1. The van der Waals surface area contributed by atoms with Gasteiger partial charge >= 0.3 is 6.18 Å². The molecule has 2 aromatic rings. The molecule has 3 nitrogen and oxygen atoms in total. The van der Waals surface area contributed by atoms with Crippen molar-refractivity contribution >= 4 is 16.6 Å². The summed E-state index contributed by atoms with van der Waals surface area (Å²) in [6, 6.07) is 3.84. The molecule has 22 heavy (non-hydrogen) atoms. The molecule has 3 rings (SSSR count). The van der Waals surface area contributed by atoms with Crippen molar-refractivity contribution in [1.29, 1.82) is 0 Å². The quantitative estimate of drug-likeness (QED) is 0.910. The highest BCUT2D eigenvalue weighted by atomic mass is 19.4. The maximum absolute atomic E-state index is 12.9. The average molecular weight is 307 g/mol. The second-order valence-corrected chi connectivity index (χ2v) is 5.29. The Kier molecular flexibility index (Phi) is 3.47. The van der Waals surface area contributed by atoms with Gasteiger partial charge in [-0.25, -0.2) is 4.98 Å². The normalized spacial score (nSPS) is 18.4. The fraction of sp³-hybridized carbons (Fsp3) is 0.312. The molecule has 0 saturated carbocycles. The van der Waals surface area contributed by atoms with Crippen LogP contribution in [0.3, 0.4) is 0 Å². The number of imidazole rings is 1. The smallest absolute Gasteiger partial charge is 0.385 e. The first-order chi connectivity index (χ1) is 10.4. The van der Waals surface area contributed by atoms with Crippen LogP contribution in [0, 0.1) is 0 Å². The molecular weight excluding hydrogens is 291 g/mol. The van der Waals surface area contributed by atoms with Gasteiger partial charge in [-0.1, -0.05) is 6.08 Å². The highest BCUT2D eigenvalue weighted by molar-refractivity contribution is 5.83. The zero-order valence-electron chi connectivity index (χ0n) is 12.3. The van der Waals surface area contributed by atoms with Crippen molar-refractivity contribution in [2.75, 3.05) is 0 Å². The molecule has 1 atom stereocenters. The van der Waals surface area contributed by atoms with Gasteiger partial charge in [0.05, 0.1) is 16.6 Å². The zero-order chi connectivity index (χ0) is 15.9. The summed E-state index contributed by atoms with van der Waals surface area (Å²) in [6.45, 7) is 4.46. The number of nitrogens with zero attached hydrogens (tertiary/aromatic N) is 2. The average Bonchev–Trinajstić information content (AvgIpc) is 2.83. The van der Waals surface area contributed by atoms with E-state index in [0.29, 0.717) is 23.4 Å². The van der Waals surface area contributed by atoms with E-state index in [1.54, 1.807) is 0 Å². The maximum Gasteiger partial charge on any atom is 0.416 e. The van der Waals surface area contributed by atoms with Crippen LogP contribution in [0.4, 0.5) is 13.2 Å². The lowest BCUT2D eigenvalue weighted by Gasteiger charge is -2.15. The Labute approximate surface area is 126 Å². The van der Waals surface area contributed by atoms with Gasteiger partial charge in [0.1, 0.15) is 5.82 Å². The Morgan fingerprint density at radius 3 is 2.73 bits per heavy atom. The van der Waals surface area contributed by atoms with E-state index in [0.717, 1.165) is 11.6 Å². The Balaban J connectivity index is 2.18. The van der Waals surface area contributed by atoms with Crippen molar-refractivity contribution in [2.45, 2.75) is 32.6 Å². The van der Waals surface area contributed by atoms with E-state index in [9.17, 15) is 13.2 Å². The summed E-state index contributed by atoms with van der Waals surface area (Å²) in [7, 11) is 0. The van der Waals surface area contributed by atoms with Crippen molar-refractivity contribution < 1.29 is 13.2 Å². The monoisotopic (exact) mass is 307 g/mol. The molecule has 116 valence electrons. The molecular formula is C16H16F3N3. The van der Waals surface area contributed by atoms with Crippen LogP contribution in [-0.2, 0) is 12.7 Å². The lowest BCUT2D eigenvalue weighted by Crippen LogP contribution is -2.21. The molecule has 1 aliphatic rings. The van der Waals surface area contributed by atoms with Crippen LogP contribution in [-0.4, -0.2) is 15.6 Å². The topological polar surface area (TPSA) is 29.9 Å². The summed E-state index contributed by atoms with van der Waals surface area (Å²) in [5.41, 5.74) is 1.35. The van der Waals surface area contributed by atoms with Gasteiger partial charge in [-0.2, -0.15) is 13.2 Å². The van der Waals surface area contributed by atoms with Crippen LogP contribution >= 0.6 is 0 Å². The van der Waals surface area contributed by atoms with Gasteiger partial charge in [0, 0.05) is 18.2 Å². The summed E-state index contributed by atoms with van der Waals surface area (Å²) in [5, 5.41) is 3.14. The summed E-state index contributed by atoms with van der Waals surface area (Å²) in [5.74, 6) is 0.696. The molecule has 0 radical (unpaired) electrons. The minimum atomic E-state index is -4.35. The van der Waals surface area contributed by atoms with E-state index in [1.807, 2.05) is 36.8 Å². The number of alkyl halides is 3. The van der Waals surface area contributed by atoms with Gasteiger partial charge in [0.2, 0.25) is 0 Å². The molecule has 1 aliphatic heterocycles. The Bertz CT molecular complexity index is 769. The molecule has 0 amide bonds. The highest BCUT2D eigenvalue weighted by Crippen LogP contribution is 2.32. The number of allylic oxidation sites excluding steroid dienone is 2. The van der Waals surface area contributed by atoms with Gasteiger partial charge in [0.25, 0.3) is 0 Å². The number of hydrogen-bond donors (Lipinski definition) is 1. The third-order valence-electron chi connectivity index (χ3n) is 3.70. The van der Waals surface area contributed by atoms with Crippen molar-refractivity contribution in [3.05, 3.63) is 47.9 Å². The fourth-order valence-corrected chi connectivity index (χ4v) is 2.65. The molecule has 1 aromatic heterocycles. The predicted octanol–water partition coefficient (Wildman–Crippen LogP) is 3.96. The van der Waals surface area contributed by atoms with E-state index in [2.05, 4.69) is 10.3 Å². The maximum atomic E-state index is 12.9. The minimum absolute atomic E-state index is 0.163. The SMILES string of the molecule is CCn1c(C2=CC(C)NC=C2)nc2ccc(C(F)(F)F)cc21. The second-order valence-electron chi connectivity index (χ2n) is 5.29. The molecule has 0 bridgehead atoms. The first-order valence-electron chi connectivity index (χ1n) is 7.12. The van der Waals surface area contributed by atoms with E-state index in [-0.39, 0.29) is 6.04 Å². The molecule has 1 aromatic carbocycles. The van der Waals surface area contributed by atoms with Crippen LogP contribution in [0.2, 0.25) is 0 Å². The number of halogens is 3. The van der Waals surface area contributed by atoms with E-state index in [1.165, 1.54) is 12.1 Å². The Morgan fingerprint density at radius 2 is 2.09 bits per heavy atom. The molecule has 0 saturated heterocycles. The number of benzene rings is 1. The third-order valence-corrected chi connectivity index (χ3v) is 3.70. The van der Waals surface area contributed by atoms with Gasteiger partial charge in [-0.05, 0) is 44.3 Å². The number of nitrogens with one attached hydrogen (secondary N) is 1. The summed E-state index contributed by atoms with van der Waals surface area (Å²) >= 11 is 0. The van der Waals surface area contributed by atoms with Crippen molar-refractivity contribution in [3.8, 4) is 0 Å². The van der Waals surface area contributed by atoms with E-state index >= 15 is 0 Å². The van der Waals surface area contributed by atoms with Crippen LogP contribution in [0.15, 0.2) is 36.6 Å². The molecule has 0 fully saturated rings. The largest absolute Gasteiger partial charge is 0.416 e. The second kappa shape index (κ2) is 5.19. The summed E-state index contributed by atoms with van der Waals surface area (Å²) < 4.78 is 40.5. The third kappa shape index (κ3) is 2.49. The van der Waals surface area contributed by atoms with Gasteiger partial charge in [-0.15, -0.1) is 0 Å². The molecule has 0 aliphatic carbocycles. The number of aromatic nitrogens is 2. The summed E-state index contributed by atoms with van der Waals surface area (Å²) in [4.78, 5) is 4.51. The fourth-order valence-electron chi connectivity index (χ4n) is 2.65. The van der Waals surface area contributed by atoms with Crippen molar-refractivity contribution in [2.24, 2.45) is 0 Å². The number of fused-ring (bicyclic) bond motifs is 1. The van der Waals surface area contributed by atoms with Crippen LogP contribution in [0.25, 0.3) is 16.6 Å². The number of rotatable bonds is 2. The molecule has 6 heteroatoms. The van der Waals surface area contributed by atoms with Crippen molar-refractivity contribution in [3.63, 3.8) is 0 Å². The first-order valence-corrected chi connectivity index (χ1v) is 7.12. The Morgan fingerprint density at radius 1 is 1.32 bits per heavy atom. The lowest BCUT2D eigenvalue weighted by molar-refractivity contribution is -0.137.